The summed E-state index contributed by atoms with van der Waals surface area (Å²) in [6.07, 6.45) is 13.5. The molecule has 0 amide bonds. The second-order valence-corrected chi connectivity index (χ2v) is 19.5. The van der Waals surface area contributed by atoms with Crippen LogP contribution in [0.5, 0.6) is 0 Å². The Bertz CT molecular complexity index is 501. The summed E-state index contributed by atoms with van der Waals surface area (Å²) in [5, 5.41) is 8.12. The van der Waals surface area contributed by atoms with Gasteiger partial charge in [-0.25, -0.2) is 20.1 Å². The lowest BCUT2D eigenvalue weighted by Crippen LogP contribution is -2.50. The molecule has 4 aliphatic heterocycles. The molecule has 29 heavy (non-hydrogen) atoms. The first-order valence-corrected chi connectivity index (χ1v) is 17.6. The van der Waals surface area contributed by atoms with E-state index in [1.807, 2.05) is 0 Å². The molecule has 2 N–H and O–H groups in total. The first-order valence-electron chi connectivity index (χ1n) is 13.0. The Morgan fingerprint density at radius 2 is 1.28 bits per heavy atom. The van der Waals surface area contributed by atoms with Gasteiger partial charge in [0.15, 0.2) is 0 Å². The van der Waals surface area contributed by atoms with E-state index in [1.165, 1.54) is 44.9 Å². The van der Waals surface area contributed by atoms with Crippen LogP contribution in [0.15, 0.2) is 0 Å². The van der Waals surface area contributed by atoms with Crippen molar-refractivity contribution in [1.29, 1.82) is 0 Å². The molecule has 4 fully saturated rings. The van der Waals surface area contributed by atoms with Gasteiger partial charge in [-0.3, -0.25) is 0 Å². The second kappa shape index (κ2) is 10.0. The SMILES string of the molecule is CC(C)NC1CCS2(CCCCC2)CC1CC(C)NC1CCS2(CCCC2)CC1. The van der Waals surface area contributed by atoms with Crippen LogP contribution in [0.3, 0.4) is 0 Å². The maximum atomic E-state index is 4.13. The van der Waals surface area contributed by atoms with Crippen molar-refractivity contribution in [1.82, 2.24) is 10.6 Å². The lowest BCUT2D eigenvalue weighted by atomic mass is 9.91. The molecule has 0 bridgehead atoms. The number of nitrogens with one attached hydrogen (secondary N) is 2. The Kier molecular flexibility index (Phi) is 7.90. The molecule has 2 nitrogen and oxygen atoms in total. The van der Waals surface area contributed by atoms with Crippen LogP contribution in [0.1, 0.15) is 78.6 Å². The molecular formula is C25H50N2S2. The van der Waals surface area contributed by atoms with E-state index in [-0.39, 0.29) is 20.1 Å². The lowest BCUT2D eigenvalue weighted by molar-refractivity contribution is 0.284. The third kappa shape index (κ3) is 5.90. The second-order valence-electron chi connectivity index (χ2n) is 11.4. The fraction of sp³-hybridized carbons (Fsp3) is 1.00. The molecule has 4 aliphatic rings. The molecule has 4 heterocycles. The van der Waals surface area contributed by atoms with Gasteiger partial charge in [-0.15, -0.1) is 0 Å². The van der Waals surface area contributed by atoms with Crippen LogP contribution in [0.4, 0.5) is 0 Å². The van der Waals surface area contributed by atoms with Crippen LogP contribution in [0, 0.1) is 5.92 Å². The molecule has 3 atom stereocenters. The van der Waals surface area contributed by atoms with Gasteiger partial charge in [-0.2, -0.15) is 0 Å². The smallest absolute Gasteiger partial charge is 0.0113 e. The molecule has 0 aromatic carbocycles. The Morgan fingerprint density at radius 1 is 0.690 bits per heavy atom. The fourth-order valence-corrected chi connectivity index (χ4v) is 16.3. The van der Waals surface area contributed by atoms with Crippen molar-refractivity contribution in [2.75, 3.05) is 46.0 Å². The maximum absolute atomic E-state index is 4.13. The third-order valence-electron chi connectivity index (χ3n) is 8.58. The molecule has 0 aromatic rings. The van der Waals surface area contributed by atoms with E-state index in [9.17, 15) is 0 Å². The highest BCUT2D eigenvalue weighted by Gasteiger charge is 2.39. The minimum Gasteiger partial charge on any atom is -0.311 e. The van der Waals surface area contributed by atoms with Gasteiger partial charge in [0.05, 0.1) is 0 Å². The van der Waals surface area contributed by atoms with Crippen molar-refractivity contribution in [3.8, 4) is 0 Å². The standard InChI is InChI=1S/C25H50N2S2/c1-21(2)26-25-11-18-29(14-5-4-6-15-29)20-23(25)19-22(3)27-24-9-16-28(17-10-24)12-7-8-13-28/h21-27H,4-20H2,1-3H3. The first kappa shape index (κ1) is 22.8. The number of rotatable bonds is 6. The summed E-state index contributed by atoms with van der Waals surface area (Å²) in [4.78, 5) is 0. The van der Waals surface area contributed by atoms with Gasteiger partial charge in [-0.1, -0.05) is 20.3 Å². The van der Waals surface area contributed by atoms with Crippen molar-refractivity contribution in [2.24, 2.45) is 5.92 Å². The minimum absolute atomic E-state index is 0.146. The zero-order chi connectivity index (χ0) is 20.3. The molecule has 4 saturated heterocycles. The summed E-state index contributed by atoms with van der Waals surface area (Å²) in [6.45, 7) is 7.20. The monoisotopic (exact) mass is 442 g/mol. The molecule has 4 heteroatoms. The Balaban J connectivity index is 1.30. The molecular weight excluding hydrogens is 392 g/mol. The van der Waals surface area contributed by atoms with E-state index >= 15 is 0 Å². The zero-order valence-corrected chi connectivity index (χ0v) is 21.4. The maximum Gasteiger partial charge on any atom is 0.0113 e. The van der Waals surface area contributed by atoms with Crippen LogP contribution in [-0.2, 0) is 0 Å². The van der Waals surface area contributed by atoms with E-state index in [0.29, 0.717) is 12.1 Å². The van der Waals surface area contributed by atoms with Gasteiger partial charge >= 0.3 is 0 Å². The number of hydrogen-bond acceptors (Lipinski definition) is 2. The molecule has 172 valence electrons. The summed E-state index contributed by atoms with van der Waals surface area (Å²) in [5.74, 6) is 13.7. The highest BCUT2D eigenvalue weighted by atomic mass is 32.3. The van der Waals surface area contributed by atoms with E-state index in [4.69, 9.17) is 0 Å². The Labute approximate surface area is 185 Å². The van der Waals surface area contributed by atoms with Gasteiger partial charge in [0, 0.05) is 24.2 Å². The van der Waals surface area contributed by atoms with Crippen molar-refractivity contribution < 1.29 is 0 Å². The van der Waals surface area contributed by atoms with Crippen molar-refractivity contribution in [3.05, 3.63) is 0 Å². The Hall–Kier alpha value is 0.620. The van der Waals surface area contributed by atoms with Gasteiger partial charge < -0.3 is 10.6 Å². The van der Waals surface area contributed by atoms with Gasteiger partial charge in [0.25, 0.3) is 0 Å². The largest absolute Gasteiger partial charge is 0.311 e. The normalized spacial score (nSPS) is 37.6. The fourth-order valence-electron chi connectivity index (χ4n) is 7.06. The summed E-state index contributed by atoms with van der Waals surface area (Å²) >= 11 is 0. The van der Waals surface area contributed by atoms with E-state index < -0.39 is 0 Å². The molecule has 2 spiro atoms. The van der Waals surface area contributed by atoms with Crippen LogP contribution in [0.25, 0.3) is 0 Å². The van der Waals surface area contributed by atoms with Crippen molar-refractivity contribution in [3.63, 3.8) is 0 Å². The molecule has 0 saturated carbocycles. The predicted octanol–water partition coefficient (Wildman–Crippen LogP) is 5.49. The summed E-state index contributed by atoms with van der Waals surface area (Å²) < 4.78 is 0. The van der Waals surface area contributed by atoms with E-state index in [2.05, 4.69) is 31.4 Å². The van der Waals surface area contributed by atoms with Crippen LogP contribution >= 0.6 is 20.1 Å². The summed E-state index contributed by atoms with van der Waals surface area (Å²) in [7, 11) is -0.421. The quantitative estimate of drug-likeness (QED) is 0.568. The average Bonchev–Trinajstić information content (AvgIpc) is 3.15. The highest BCUT2D eigenvalue weighted by molar-refractivity contribution is 8.34. The molecule has 4 rings (SSSR count). The molecule has 3 unspecified atom stereocenters. The molecule has 0 aromatic heterocycles. The minimum atomic E-state index is -0.275. The van der Waals surface area contributed by atoms with Crippen LogP contribution in [0.2, 0.25) is 0 Å². The lowest BCUT2D eigenvalue weighted by Gasteiger charge is -2.52. The van der Waals surface area contributed by atoms with Crippen molar-refractivity contribution >= 4 is 20.1 Å². The zero-order valence-electron chi connectivity index (χ0n) is 19.7. The predicted molar refractivity (Wildman–Crippen MR) is 138 cm³/mol. The third-order valence-corrected chi connectivity index (χ3v) is 17.6. The highest BCUT2D eigenvalue weighted by Crippen LogP contribution is 2.58. The molecule has 0 radical (unpaired) electrons. The van der Waals surface area contributed by atoms with Crippen molar-refractivity contribution in [2.45, 2.75) is 103 Å². The van der Waals surface area contributed by atoms with Gasteiger partial charge in [0.2, 0.25) is 0 Å². The average molecular weight is 443 g/mol. The first-order chi connectivity index (χ1) is 14.0. The summed E-state index contributed by atoms with van der Waals surface area (Å²) in [5.41, 5.74) is 0. The topological polar surface area (TPSA) is 24.1 Å². The van der Waals surface area contributed by atoms with E-state index in [1.54, 1.807) is 58.9 Å². The number of hydrogen-bond donors (Lipinski definition) is 2. The van der Waals surface area contributed by atoms with Gasteiger partial charge in [-0.05, 0) is 110 Å². The summed E-state index contributed by atoms with van der Waals surface area (Å²) in [6, 6.07) is 2.92. The van der Waals surface area contributed by atoms with Gasteiger partial charge in [0.1, 0.15) is 0 Å². The van der Waals surface area contributed by atoms with Crippen LogP contribution < -0.4 is 10.6 Å². The molecule has 0 aliphatic carbocycles. The Morgan fingerprint density at radius 3 is 1.93 bits per heavy atom. The van der Waals surface area contributed by atoms with E-state index in [0.717, 1.165) is 18.0 Å². The van der Waals surface area contributed by atoms with Crippen LogP contribution in [-0.4, -0.2) is 70.2 Å².